The van der Waals surface area contributed by atoms with Crippen LogP contribution in [0.3, 0.4) is 0 Å². The summed E-state index contributed by atoms with van der Waals surface area (Å²) in [5, 5.41) is 0. The molecule has 0 saturated heterocycles. The van der Waals surface area contributed by atoms with Crippen LogP contribution in [0.2, 0.25) is 0 Å². The molecule has 0 atom stereocenters. The molecule has 0 amide bonds. The van der Waals surface area contributed by atoms with Crippen molar-refractivity contribution in [1.82, 2.24) is 0 Å². The van der Waals surface area contributed by atoms with Gasteiger partial charge in [-0.05, 0) is 30.7 Å². The molecule has 2 nitrogen and oxygen atoms in total. The molecule has 1 rings (SSSR count). The van der Waals surface area contributed by atoms with Gasteiger partial charge < -0.3 is 22.4 Å². The number of benzene rings is 1. The minimum atomic E-state index is -5.16. The number of methoxy groups -OCH3 is 1. The first-order valence-corrected chi connectivity index (χ1v) is 5.58. The van der Waals surface area contributed by atoms with Crippen LogP contribution >= 0.6 is 11.6 Å². The van der Waals surface area contributed by atoms with Crippen molar-refractivity contribution in [1.29, 1.82) is 0 Å². The van der Waals surface area contributed by atoms with Crippen molar-refractivity contribution in [3.05, 3.63) is 29.3 Å². The summed E-state index contributed by atoms with van der Waals surface area (Å²) in [5.41, 5.74) is 1.09. The van der Waals surface area contributed by atoms with Crippen molar-refractivity contribution in [2.45, 2.75) is 6.92 Å². The van der Waals surface area contributed by atoms with Gasteiger partial charge in [-0.3, -0.25) is 0 Å². The van der Waals surface area contributed by atoms with Crippen molar-refractivity contribution < 1.29 is 22.4 Å². The van der Waals surface area contributed by atoms with E-state index in [1.807, 2.05) is 0 Å². The minimum absolute atomic E-state index is 0.00892. The van der Waals surface area contributed by atoms with Crippen molar-refractivity contribution in [2.75, 3.05) is 13.7 Å². The Hall–Kier alpha value is -1.30. The van der Waals surface area contributed by atoms with E-state index in [1.165, 1.54) is 24.8 Å². The average molecular weight is 279 g/mol. The third kappa shape index (κ3) is 3.87. The van der Waals surface area contributed by atoms with E-state index in [1.54, 1.807) is 6.92 Å². The highest BCUT2D eigenvalue weighted by Crippen LogP contribution is 2.22. The quantitative estimate of drug-likeness (QED) is 0.770. The predicted octanol–water partition coefficient (Wildman–Crippen LogP) is 3.27. The van der Waals surface area contributed by atoms with Gasteiger partial charge in [0.2, 0.25) is 0 Å². The number of hydrogen-bond donors (Lipinski definition) is 0. The Kier molecular flexibility index (Phi) is 4.96. The molecule has 18 heavy (non-hydrogen) atoms. The Morgan fingerprint density at radius 2 is 2.06 bits per heavy atom. The van der Waals surface area contributed by atoms with Gasteiger partial charge >= 0.3 is 6.98 Å². The zero-order valence-corrected chi connectivity index (χ0v) is 10.7. The van der Waals surface area contributed by atoms with Crippen LogP contribution in [0.1, 0.15) is 6.92 Å². The molecule has 1 aromatic rings. The largest absolute Gasteiger partial charge is 0.513 e. The lowest BCUT2D eigenvalue weighted by atomic mass is 9.79. The van der Waals surface area contributed by atoms with E-state index >= 15 is 0 Å². The number of hydrogen-bond acceptors (Lipinski definition) is 2. The molecule has 0 aromatic heterocycles. The number of rotatable bonds is 5. The van der Waals surface area contributed by atoms with Crippen molar-refractivity contribution >= 4 is 24.0 Å². The molecular weight excluding hydrogens is 267 g/mol. The van der Waals surface area contributed by atoms with Crippen LogP contribution in [-0.2, 0) is 0 Å². The fraction of sp³-hybridized carbons (Fsp3) is 0.273. The summed E-state index contributed by atoms with van der Waals surface area (Å²) >= 11 is 5.42. The van der Waals surface area contributed by atoms with Crippen LogP contribution in [0.15, 0.2) is 29.3 Å². The molecule has 100 valence electrons. The van der Waals surface area contributed by atoms with Gasteiger partial charge in [-0.1, -0.05) is 17.1 Å². The lowest BCUT2D eigenvalue weighted by Gasteiger charge is -2.20. The standard InChI is InChI=1S/C11H12BClF3O2/c1-8(6-13)7-18-11-4-3-9(17-2)5-10(11)12(14,15)16/h3-6H,7H2,1-2H3/q-1/b8-6+. The molecule has 0 aliphatic carbocycles. The minimum Gasteiger partial charge on any atom is -0.497 e. The van der Waals surface area contributed by atoms with E-state index in [0.29, 0.717) is 5.57 Å². The summed E-state index contributed by atoms with van der Waals surface area (Å²) in [6, 6.07) is 3.58. The first-order valence-electron chi connectivity index (χ1n) is 5.15. The maximum atomic E-state index is 12.9. The summed E-state index contributed by atoms with van der Waals surface area (Å²) in [4.78, 5) is 0. The molecule has 0 spiro atoms. The van der Waals surface area contributed by atoms with Gasteiger partial charge in [0.25, 0.3) is 0 Å². The zero-order valence-electron chi connectivity index (χ0n) is 9.92. The summed E-state index contributed by atoms with van der Waals surface area (Å²) in [6.07, 6.45) is 0. The van der Waals surface area contributed by atoms with Gasteiger partial charge in [0, 0.05) is 5.54 Å². The number of ether oxygens (including phenoxy) is 2. The second kappa shape index (κ2) is 6.04. The predicted molar refractivity (Wildman–Crippen MR) is 66.8 cm³/mol. The Labute approximate surface area is 108 Å². The van der Waals surface area contributed by atoms with Crippen molar-refractivity contribution in [2.24, 2.45) is 0 Å². The van der Waals surface area contributed by atoms with E-state index in [-0.39, 0.29) is 18.1 Å². The van der Waals surface area contributed by atoms with E-state index in [9.17, 15) is 12.9 Å². The average Bonchev–Trinajstić information content (AvgIpc) is 2.34. The van der Waals surface area contributed by atoms with E-state index in [2.05, 4.69) is 0 Å². The fourth-order valence-corrected chi connectivity index (χ4v) is 1.33. The first-order chi connectivity index (χ1) is 8.38. The lowest BCUT2D eigenvalue weighted by molar-refractivity contribution is 0.351. The summed E-state index contributed by atoms with van der Waals surface area (Å²) in [6.45, 7) is -3.49. The molecule has 0 radical (unpaired) electrons. The third-order valence-corrected chi connectivity index (χ3v) is 2.58. The Balaban J connectivity index is 3.03. The highest BCUT2D eigenvalue weighted by Gasteiger charge is 2.29. The fourth-order valence-electron chi connectivity index (χ4n) is 1.26. The highest BCUT2D eigenvalue weighted by molar-refractivity contribution is 6.74. The molecular formula is C11H12BClF3O2-. The monoisotopic (exact) mass is 279 g/mol. The topological polar surface area (TPSA) is 18.5 Å². The van der Waals surface area contributed by atoms with Gasteiger partial charge in [-0.25, -0.2) is 0 Å². The molecule has 0 aliphatic rings. The molecule has 0 unspecified atom stereocenters. The van der Waals surface area contributed by atoms with Crippen LogP contribution in [0.4, 0.5) is 12.9 Å². The summed E-state index contributed by atoms with van der Waals surface area (Å²) in [5.74, 6) is -0.0812. The lowest BCUT2D eigenvalue weighted by Crippen LogP contribution is -2.35. The number of halogens is 4. The second-order valence-electron chi connectivity index (χ2n) is 3.72. The van der Waals surface area contributed by atoms with Crippen LogP contribution < -0.4 is 14.9 Å². The third-order valence-electron chi connectivity index (χ3n) is 2.21. The molecule has 0 aliphatic heterocycles. The van der Waals surface area contributed by atoms with Crippen molar-refractivity contribution in [3.63, 3.8) is 0 Å². The summed E-state index contributed by atoms with van der Waals surface area (Å²) < 4.78 is 48.4. The molecule has 1 aromatic carbocycles. The molecule has 0 fully saturated rings. The Morgan fingerprint density at radius 1 is 1.39 bits per heavy atom. The van der Waals surface area contributed by atoms with Gasteiger partial charge in [0.05, 0.1) is 12.9 Å². The molecule has 0 N–H and O–H groups in total. The first kappa shape index (κ1) is 14.8. The molecule has 7 heteroatoms. The molecule has 0 bridgehead atoms. The zero-order chi connectivity index (χ0) is 13.8. The van der Waals surface area contributed by atoms with Crippen LogP contribution in [0.25, 0.3) is 0 Å². The van der Waals surface area contributed by atoms with Gasteiger partial charge in [-0.2, -0.15) is 0 Å². The smallest absolute Gasteiger partial charge is 0.497 e. The van der Waals surface area contributed by atoms with Gasteiger partial charge in [0.1, 0.15) is 12.4 Å². The van der Waals surface area contributed by atoms with Gasteiger partial charge in [-0.15, -0.1) is 0 Å². The van der Waals surface area contributed by atoms with Crippen molar-refractivity contribution in [3.8, 4) is 11.5 Å². The van der Waals surface area contributed by atoms with E-state index in [4.69, 9.17) is 21.1 Å². The van der Waals surface area contributed by atoms with Crippen LogP contribution in [0.5, 0.6) is 11.5 Å². The van der Waals surface area contributed by atoms with Crippen LogP contribution in [-0.4, -0.2) is 20.7 Å². The second-order valence-corrected chi connectivity index (χ2v) is 3.94. The van der Waals surface area contributed by atoms with Gasteiger partial charge in [0.15, 0.2) is 0 Å². The maximum Gasteiger partial charge on any atom is 0.513 e. The van der Waals surface area contributed by atoms with Crippen LogP contribution in [0, 0.1) is 0 Å². The molecule has 0 heterocycles. The SMILES string of the molecule is COc1ccc(OC/C(C)=C/Cl)c([B-](F)(F)F)c1. The highest BCUT2D eigenvalue weighted by atomic mass is 35.5. The molecule has 0 saturated carbocycles. The van der Waals surface area contributed by atoms with E-state index < -0.39 is 12.4 Å². The normalized spacial score (nSPS) is 12.4. The Morgan fingerprint density at radius 3 is 2.56 bits per heavy atom. The van der Waals surface area contributed by atoms with E-state index in [0.717, 1.165) is 6.07 Å². The maximum absolute atomic E-state index is 12.9. The summed E-state index contributed by atoms with van der Waals surface area (Å²) in [7, 11) is 1.31. The Bertz CT molecular complexity index is 446.